The summed E-state index contributed by atoms with van der Waals surface area (Å²) in [6.07, 6.45) is 0.491. The summed E-state index contributed by atoms with van der Waals surface area (Å²) in [5.41, 5.74) is 2.60. The molecule has 0 aliphatic rings. The third kappa shape index (κ3) is 7.59. The number of hydrogen-bond donors (Lipinski definition) is 1. The van der Waals surface area contributed by atoms with Gasteiger partial charge in [0.25, 0.3) is 5.91 Å². The Balaban J connectivity index is 2.24. The Kier molecular flexibility index (Phi) is 8.52. The molecule has 0 radical (unpaired) electrons. The van der Waals surface area contributed by atoms with Crippen molar-refractivity contribution in [2.45, 2.75) is 66.1 Å². The maximum absolute atomic E-state index is 13.2. The van der Waals surface area contributed by atoms with E-state index in [-0.39, 0.29) is 18.4 Å². The summed E-state index contributed by atoms with van der Waals surface area (Å²) in [7, 11) is 0. The molecule has 5 nitrogen and oxygen atoms in total. The zero-order valence-corrected chi connectivity index (χ0v) is 20.0. The van der Waals surface area contributed by atoms with Gasteiger partial charge in [-0.3, -0.25) is 9.59 Å². The highest BCUT2D eigenvalue weighted by Gasteiger charge is 2.31. The molecule has 0 spiro atoms. The van der Waals surface area contributed by atoms with Crippen molar-refractivity contribution in [1.82, 2.24) is 10.2 Å². The van der Waals surface area contributed by atoms with E-state index < -0.39 is 11.6 Å². The summed E-state index contributed by atoms with van der Waals surface area (Å²) in [6.45, 7) is 11.8. The lowest BCUT2D eigenvalue weighted by molar-refractivity contribution is -0.143. The molecule has 0 saturated carbocycles. The van der Waals surface area contributed by atoms with Crippen molar-refractivity contribution in [3.8, 4) is 5.75 Å². The number of benzene rings is 2. The minimum Gasteiger partial charge on any atom is -0.483 e. The highest BCUT2D eigenvalue weighted by atomic mass is 35.5. The second-order valence-electron chi connectivity index (χ2n) is 8.87. The van der Waals surface area contributed by atoms with Crippen LogP contribution in [0, 0.1) is 13.8 Å². The lowest BCUT2D eigenvalue weighted by Gasteiger charge is -2.33. The van der Waals surface area contributed by atoms with E-state index in [9.17, 15) is 9.59 Å². The molecule has 0 saturated heterocycles. The highest BCUT2D eigenvalue weighted by molar-refractivity contribution is 6.30. The molecule has 1 unspecified atom stereocenters. The van der Waals surface area contributed by atoms with Crippen LogP contribution in [0.1, 0.15) is 50.8 Å². The number of aryl methyl sites for hydroxylation is 2. The molecule has 2 amide bonds. The predicted octanol–water partition coefficient (Wildman–Crippen LogP) is 5.06. The van der Waals surface area contributed by atoms with Crippen molar-refractivity contribution in [3.05, 3.63) is 64.2 Å². The van der Waals surface area contributed by atoms with Gasteiger partial charge >= 0.3 is 0 Å². The number of ether oxygens (including phenoxy) is 1. The standard InChI is InChI=1S/C25H33ClN2O3/c1-7-21(24(30)27-25(4,5)6)28(15-19-9-11-20(26)12-10-19)23(29)16-31-22-13-8-17(2)14-18(22)3/h8-14,21H,7,15-16H2,1-6H3,(H,27,30). The largest absolute Gasteiger partial charge is 0.483 e. The highest BCUT2D eigenvalue weighted by Crippen LogP contribution is 2.20. The Hall–Kier alpha value is -2.53. The number of amides is 2. The van der Waals surface area contributed by atoms with E-state index in [4.69, 9.17) is 16.3 Å². The zero-order valence-electron chi connectivity index (χ0n) is 19.3. The summed E-state index contributed by atoms with van der Waals surface area (Å²) in [4.78, 5) is 27.8. The van der Waals surface area contributed by atoms with Crippen LogP contribution in [0.4, 0.5) is 0 Å². The van der Waals surface area contributed by atoms with Gasteiger partial charge in [-0.2, -0.15) is 0 Å². The van der Waals surface area contributed by atoms with Gasteiger partial charge < -0.3 is 15.0 Å². The van der Waals surface area contributed by atoms with Crippen molar-refractivity contribution < 1.29 is 14.3 Å². The summed E-state index contributed by atoms with van der Waals surface area (Å²) in [6, 6.07) is 12.5. The van der Waals surface area contributed by atoms with Crippen LogP contribution in [0.15, 0.2) is 42.5 Å². The molecular weight excluding hydrogens is 412 g/mol. The molecule has 0 aliphatic heterocycles. The molecule has 1 N–H and O–H groups in total. The molecule has 1 atom stereocenters. The maximum atomic E-state index is 13.2. The van der Waals surface area contributed by atoms with Gasteiger partial charge in [0.05, 0.1) is 0 Å². The van der Waals surface area contributed by atoms with Crippen molar-refractivity contribution in [1.29, 1.82) is 0 Å². The van der Waals surface area contributed by atoms with Gasteiger partial charge in [0.1, 0.15) is 11.8 Å². The van der Waals surface area contributed by atoms with Crippen molar-refractivity contribution in [2.24, 2.45) is 0 Å². The first-order chi connectivity index (χ1) is 14.5. The summed E-state index contributed by atoms with van der Waals surface area (Å²) >= 11 is 6.00. The topological polar surface area (TPSA) is 58.6 Å². The fourth-order valence-corrected chi connectivity index (χ4v) is 3.47. The molecule has 31 heavy (non-hydrogen) atoms. The van der Waals surface area contributed by atoms with Crippen molar-refractivity contribution in [3.63, 3.8) is 0 Å². The first-order valence-corrected chi connectivity index (χ1v) is 10.9. The van der Waals surface area contributed by atoms with Gasteiger partial charge in [-0.05, 0) is 70.4 Å². The molecule has 2 rings (SSSR count). The molecule has 2 aromatic rings. The van der Waals surface area contributed by atoms with Gasteiger partial charge in [-0.15, -0.1) is 0 Å². The molecule has 0 aromatic heterocycles. The molecule has 0 fully saturated rings. The van der Waals surface area contributed by atoms with Gasteiger partial charge in [-0.1, -0.05) is 48.4 Å². The Labute approximate surface area is 190 Å². The summed E-state index contributed by atoms with van der Waals surface area (Å²) < 4.78 is 5.82. The van der Waals surface area contributed by atoms with E-state index in [1.807, 2.05) is 71.9 Å². The van der Waals surface area contributed by atoms with E-state index >= 15 is 0 Å². The molecule has 0 heterocycles. The normalized spacial score (nSPS) is 12.2. The van der Waals surface area contributed by atoms with Crippen LogP contribution < -0.4 is 10.1 Å². The quantitative estimate of drug-likeness (QED) is 0.619. The number of nitrogens with zero attached hydrogens (tertiary/aromatic N) is 1. The third-order valence-corrected chi connectivity index (χ3v) is 5.08. The molecule has 0 aliphatic carbocycles. The number of carbonyl (C=O) groups excluding carboxylic acids is 2. The smallest absolute Gasteiger partial charge is 0.261 e. The van der Waals surface area contributed by atoms with Crippen molar-refractivity contribution in [2.75, 3.05) is 6.61 Å². The Bertz CT molecular complexity index is 904. The fourth-order valence-electron chi connectivity index (χ4n) is 3.34. The number of carbonyl (C=O) groups is 2. The van der Waals surface area contributed by atoms with Crippen LogP contribution in [-0.2, 0) is 16.1 Å². The Morgan fingerprint density at radius 3 is 2.29 bits per heavy atom. The minimum absolute atomic E-state index is 0.142. The Morgan fingerprint density at radius 1 is 1.10 bits per heavy atom. The predicted molar refractivity (Wildman–Crippen MR) is 125 cm³/mol. The lowest BCUT2D eigenvalue weighted by atomic mass is 10.1. The number of rotatable bonds is 8. The zero-order chi connectivity index (χ0) is 23.2. The molecule has 2 aromatic carbocycles. The number of hydrogen-bond acceptors (Lipinski definition) is 3. The van der Waals surface area contributed by atoms with E-state index in [0.717, 1.165) is 16.7 Å². The average Bonchev–Trinajstić information content (AvgIpc) is 2.67. The van der Waals surface area contributed by atoms with Crippen LogP contribution in [0.25, 0.3) is 0 Å². The average molecular weight is 445 g/mol. The van der Waals surface area contributed by atoms with Gasteiger partial charge in [0.2, 0.25) is 5.91 Å². The van der Waals surface area contributed by atoms with Crippen LogP contribution in [-0.4, -0.2) is 34.9 Å². The van der Waals surface area contributed by atoms with Crippen molar-refractivity contribution >= 4 is 23.4 Å². The monoisotopic (exact) mass is 444 g/mol. The lowest BCUT2D eigenvalue weighted by Crippen LogP contribution is -2.54. The van der Waals surface area contributed by atoms with Gasteiger partial charge in [0, 0.05) is 17.1 Å². The SMILES string of the molecule is CCC(C(=O)NC(C)(C)C)N(Cc1ccc(Cl)cc1)C(=O)COc1ccc(C)cc1C. The first-order valence-electron chi connectivity index (χ1n) is 10.6. The third-order valence-electron chi connectivity index (χ3n) is 4.83. The maximum Gasteiger partial charge on any atom is 0.261 e. The first kappa shape index (κ1) is 24.7. The second kappa shape index (κ2) is 10.7. The second-order valence-corrected chi connectivity index (χ2v) is 9.31. The van der Waals surface area contributed by atoms with E-state index in [2.05, 4.69) is 5.32 Å². The molecule has 0 bridgehead atoms. The number of nitrogens with one attached hydrogen (secondary N) is 1. The molecule has 6 heteroatoms. The van der Waals surface area contributed by atoms with Gasteiger partial charge in [0.15, 0.2) is 6.61 Å². The van der Waals surface area contributed by atoms with Crippen LogP contribution in [0.5, 0.6) is 5.75 Å². The Morgan fingerprint density at radius 2 is 1.74 bits per heavy atom. The van der Waals surface area contributed by atoms with Gasteiger partial charge in [-0.25, -0.2) is 0 Å². The van der Waals surface area contributed by atoms with Crippen LogP contribution >= 0.6 is 11.6 Å². The van der Waals surface area contributed by atoms with E-state index in [1.54, 1.807) is 17.0 Å². The minimum atomic E-state index is -0.606. The molecule has 168 valence electrons. The summed E-state index contributed by atoms with van der Waals surface area (Å²) in [5.74, 6) is 0.243. The summed E-state index contributed by atoms with van der Waals surface area (Å²) in [5, 5.41) is 3.62. The molecular formula is C25H33ClN2O3. The fraction of sp³-hybridized carbons (Fsp3) is 0.440. The van der Waals surface area contributed by atoms with Crippen LogP contribution in [0.2, 0.25) is 5.02 Å². The van der Waals surface area contributed by atoms with Crippen LogP contribution in [0.3, 0.4) is 0 Å². The number of halogens is 1. The van der Waals surface area contributed by atoms with E-state index in [0.29, 0.717) is 23.7 Å². The van der Waals surface area contributed by atoms with E-state index in [1.165, 1.54) is 0 Å².